The van der Waals surface area contributed by atoms with Gasteiger partial charge in [-0.05, 0) is 37.1 Å². The van der Waals surface area contributed by atoms with Crippen molar-refractivity contribution in [1.82, 2.24) is 4.98 Å². The summed E-state index contributed by atoms with van der Waals surface area (Å²) < 4.78 is 0. The lowest BCUT2D eigenvalue weighted by molar-refractivity contribution is 0.165. The Hall–Kier alpha value is -2.23. The van der Waals surface area contributed by atoms with Crippen LogP contribution in [0.3, 0.4) is 0 Å². The van der Waals surface area contributed by atoms with Crippen LogP contribution in [0.25, 0.3) is 22.2 Å². The molecular formula is C21H24N2O. The predicted octanol–water partition coefficient (Wildman–Crippen LogP) is 4.45. The number of hydrogen-bond donors (Lipinski definition) is 2. The van der Waals surface area contributed by atoms with Crippen molar-refractivity contribution >= 4 is 10.9 Å². The second kappa shape index (κ2) is 8.04. The zero-order valence-corrected chi connectivity index (χ0v) is 13.9. The van der Waals surface area contributed by atoms with Gasteiger partial charge in [0.1, 0.15) is 0 Å². The Morgan fingerprint density at radius 2 is 1.67 bits per heavy atom. The maximum Gasteiger partial charge on any atom is 0.0797 e. The molecule has 0 fully saturated rings. The quantitative estimate of drug-likeness (QED) is 0.632. The first-order valence-corrected chi connectivity index (χ1v) is 8.63. The van der Waals surface area contributed by atoms with E-state index in [1.165, 1.54) is 0 Å². The Morgan fingerprint density at radius 3 is 2.46 bits per heavy atom. The van der Waals surface area contributed by atoms with E-state index in [1.54, 1.807) is 0 Å². The summed E-state index contributed by atoms with van der Waals surface area (Å²) in [5.74, 6) is 0. The normalized spacial score (nSPS) is 12.4. The SMILES string of the molecule is NCCCCC[C@@H](O)c1cc(-c2ccccc2)nc2ccccc12. The van der Waals surface area contributed by atoms with Crippen LogP contribution in [0.1, 0.15) is 37.4 Å². The van der Waals surface area contributed by atoms with Gasteiger partial charge in [0.25, 0.3) is 0 Å². The van der Waals surface area contributed by atoms with E-state index in [0.717, 1.165) is 53.4 Å². The minimum Gasteiger partial charge on any atom is -0.388 e. The molecule has 3 aromatic rings. The maximum absolute atomic E-state index is 10.7. The molecule has 3 nitrogen and oxygen atoms in total. The molecule has 2 aromatic carbocycles. The van der Waals surface area contributed by atoms with Crippen LogP contribution in [-0.2, 0) is 0 Å². The van der Waals surface area contributed by atoms with Crippen molar-refractivity contribution in [1.29, 1.82) is 0 Å². The summed E-state index contributed by atoms with van der Waals surface area (Å²) in [6.07, 6.45) is 3.33. The topological polar surface area (TPSA) is 59.1 Å². The van der Waals surface area contributed by atoms with Gasteiger partial charge in [-0.25, -0.2) is 4.98 Å². The molecule has 124 valence electrons. The molecule has 1 atom stereocenters. The van der Waals surface area contributed by atoms with Crippen molar-refractivity contribution in [3.05, 3.63) is 66.2 Å². The molecular weight excluding hydrogens is 296 g/mol. The summed E-state index contributed by atoms with van der Waals surface area (Å²) in [4.78, 5) is 4.77. The average molecular weight is 320 g/mol. The van der Waals surface area contributed by atoms with Gasteiger partial charge in [-0.3, -0.25) is 0 Å². The van der Waals surface area contributed by atoms with Crippen LogP contribution < -0.4 is 5.73 Å². The summed E-state index contributed by atoms with van der Waals surface area (Å²) >= 11 is 0. The van der Waals surface area contributed by atoms with Gasteiger partial charge >= 0.3 is 0 Å². The van der Waals surface area contributed by atoms with E-state index in [0.29, 0.717) is 6.54 Å². The molecule has 3 N–H and O–H groups in total. The van der Waals surface area contributed by atoms with Gasteiger partial charge in [-0.2, -0.15) is 0 Å². The number of hydrogen-bond acceptors (Lipinski definition) is 3. The number of rotatable bonds is 7. The van der Waals surface area contributed by atoms with Crippen LogP contribution in [0.2, 0.25) is 0 Å². The predicted molar refractivity (Wildman–Crippen MR) is 99.7 cm³/mol. The molecule has 0 aliphatic heterocycles. The second-order valence-corrected chi connectivity index (χ2v) is 6.13. The largest absolute Gasteiger partial charge is 0.388 e. The monoisotopic (exact) mass is 320 g/mol. The Kier molecular flexibility index (Phi) is 5.57. The van der Waals surface area contributed by atoms with Crippen LogP contribution in [-0.4, -0.2) is 16.6 Å². The summed E-state index contributed by atoms with van der Waals surface area (Å²) in [5, 5.41) is 11.8. The molecule has 3 rings (SSSR count). The van der Waals surface area contributed by atoms with E-state index in [-0.39, 0.29) is 0 Å². The third-order valence-corrected chi connectivity index (χ3v) is 4.36. The number of nitrogens with two attached hydrogens (primary N) is 1. The molecule has 0 unspecified atom stereocenters. The van der Waals surface area contributed by atoms with Crippen LogP contribution in [0.15, 0.2) is 60.7 Å². The first-order chi connectivity index (χ1) is 11.8. The Labute approximate surface area is 143 Å². The molecule has 0 saturated heterocycles. The summed E-state index contributed by atoms with van der Waals surface area (Å²) in [5.41, 5.74) is 9.41. The standard InChI is InChI=1S/C21H24N2O/c22-14-8-2-5-13-21(24)18-15-20(16-9-3-1-4-10-16)23-19-12-7-6-11-17(18)19/h1,3-4,6-7,9-12,15,21,24H,2,5,8,13-14,22H2/t21-/m1/s1. The average Bonchev–Trinajstić information content (AvgIpc) is 2.65. The summed E-state index contributed by atoms with van der Waals surface area (Å²) in [6.45, 7) is 0.715. The minimum atomic E-state index is -0.474. The highest BCUT2D eigenvalue weighted by Crippen LogP contribution is 2.30. The number of pyridine rings is 1. The molecule has 0 aliphatic rings. The Bertz CT molecular complexity index is 786. The highest BCUT2D eigenvalue weighted by Gasteiger charge is 2.14. The van der Waals surface area contributed by atoms with Crippen molar-refractivity contribution in [2.24, 2.45) is 5.73 Å². The van der Waals surface area contributed by atoms with Crippen LogP contribution >= 0.6 is 0 Å². The fraction of sp³-hybridized carbons (Fsp3) is 0.286. The number of aliphatic hydroxyl groups excluding tert-OH is 1. The third kappa shape index (κ3) is 3.81. The van der Waals surface area contributed by atoms with Crippen LogP contribution in [0.5, 0.6) is 0 Å². The molecule has 0 amide bonds. The highest BCUT2D eigenvalue weighted by molar-refractivity contribution is 5.85. The summed E-state index contributed by atoms with van der Waals surface area (Å²) in [6, 6.07) is 20.2. The third-order valence-electron chi connectivity index (χ3n) is 4.36. The zero-order chi connectivity index (χ0) is 16.8. The van der Waals surface area contributed by atoms with Crippen LogP contribution in [0, 0.1) is 0 Å². The van der Waals surface area contributed by atoms with E-state index < -0.39 is 6.10 Å². The van der Waals surface area contributed by atoms with E-state index in [1.807, 2.05) is 48.5 Å². The van der Waals surface area contributed by atoms with Gasteiger partial charge in [0.05, 0.1) is 17.3 Å². The number of aliphatic hydroxyl groups is 1. The molecule has 0 spiro atoms. The zero-order valence-electron chi connectivity index (χ0n) is 13.9. The molecule has 0 saturated carbocycles. The molecule has 24 heavy (non-hydrogen) atoms. The molecule has 0 aliphatic carbocycles. The number of benzene rings is 2. The van der Waals surface area contributed by atoms with Crippen LogP contribution in [0.4, 0.5) is 0 Å². The van der Waals surface area contributed by atoms with Gasteiger partial charge in [0.15, 0.2) is 0 Å². The van der Waals surface area contributed by atoms with Gasteiger partial charge in [0.2, 0.25) is 0 Å². The van der Waals surface area contributed by atoms with Crippen molar-refractivity contribution in [2.45, 2.75) is 31.8 Å². The summed E-state index contributed by atoms with van der Waals surface area (Å²) in [7, 11) is 0. The fourth-order valence-electron chi connectivity index (χ4n) is 3.05. The molecule has 1 aromatic heterocycles. The molecule has 3 heteroatoms. The van der Waals surface area contributed by atoms with Gasteiger partial charge in [-0.1, -0.05) is 61.4 Å². The Balaban J connectivity index is 1.96. The van der Waals surface area contributed by atoms with E-state index in [4.69, 9.17) is 10.7 Å². The molecule has 1 heterocycles. The smallest absolute Gasteiger partial charge is 0.0797 e. The Morgan fingerprint density at radius 1 is 0.917 bits per heavy atom. The lowest BCUT2D eigenvalue weighted by Crippen LogP contribution is -2.02. The van der Waals surface area contributed by atoms with E-state index >= 15 is 0 Å². The fourth-order valence-corrected chi connectivity index (χ4v) is 3.05. The number of nitrogens with zero attached hydrogens (tertiary/aromatic N) is 1. The number of para-hydroxylation sites is 1. The van der Waals surface area contributed by atoms with Crippen molar-refractivity contribution < 1.29 is 5.11 Å². The van der Waals surface area contributed by atoms with E-state index in [2.05, 4.69) is 12.1 Å². The maximum atomic E-state index is 10.7. The molecule has 0 bridgehead atoms. The van der Waals surface area contributed by atoms with Gasteiger partial charge in [0, 0.05) is 10.9 Å². The van der Waals surface area contributed by atoms with Crippen molar-refractivity contribution in [3.63, 3.8) is 0 Å². The first-order valence-electron chi connectivity index (χ1n) is 8.63. The molecule has 0 radical (unpaired) electrons. The number of fused-ring (bicyclic) bond motifs is 1. The van der Waals surface area contributed by atoms with Crippen molar-refractivity contribution in [3.8, 4) is 11.3 Å². The lowest BCUT2D eigenvalue weighted by Gasteiger charge is -2.15. The van der Waals surface area contributed by atoms with Crippen molar-refractivity contribution in [2.75, 3.05) is 6.54 Å². The number of unbranched alkanes of at least 4 members (excludes halogenated alkanes) is 2. The number of aromatic nitrogens is 1. The first kappa shape index (κ1) is 16.6. The lowest BCUT2D eigenvalue weighted by atomic mass is 9.97. The van der Waals surface area contributed by atoms with E-state index in [9.17, 15) is 5.11 Å². The van der Waals surface area contributed by atoms with Gasteiger partial charge in [-0.15, -0.1) is 0 Å². The van der Waals surface area contributed by atoms with Gasteiger partial charge < -0.3 is 10.8 Å². The minimum absolute atomic E-state index is 0.474. The highest BCUT2D eigenvalue weighted by atomic mass is 16.3. The second-order valence-electron chi connectivity index (χ2n) is 6.13.